The third-order valence-electron chi connectivity index (χ3n) is 3.46. The van der Waals surface area contributed by atoms with Crippen molar-refractivity contribution in [3.63, 3.8) is 0 Å². The van der Waals surface area contributed by atoms with Gasteiger partial charge in [-0.05, 0) is 47.6 Å². The summed E-state index contributed by atoms with van der Waals surface area (Å²) in [6.45, 7) is 0. The van der Waals surface area contributed by atoms with E-state index in [-0.39, 0.29) is 0 Å². The first kappa shape index (κ1) is 8.96. The summed E-state index contributed by atoms with van der Waals surface area (Å²) in [4.78, 5) is 0. The van der Waals surface area contributed by atoms with E-state index in [1.807, 2.05) is 0 Å². The molecule has 15 heavy (non-hydrogen) atoms. The van der Waals surface area contributed by atoms with Crippen molar-refractivity contribution >= 4 is 10.8 Å². The lowest BCUT2D eigenvalue weighted by molar-refractivity contribution is 0.712. The van der Waals surface area contributed by atoms with E-state index in [4.69, 9.17) is 0 Å². The maximum atomic E-state index is 2.40. The van der Waals surface area contributed by atoms with Crippen LogP contribution in [-0.2, 0) is 12.8 Å². The van der Waals surface area contributed by atoms with Crippen LogP contribution < -0.4 is 0 Å². The van der Waals surface area contributed by atoms with E-state index in [9.17, 15) is 0 Å². The van der Waals surface area contributed by atoms with Gasteiger partial charge in [-0.1, -0.05) is 42.8 Å². The summed E-state index contributed by atoms with van der Waals surface area (Å²) in [5, 5.41) is 2.80. The molecule has 0 spiro atoms. The molecule has 1 aliphatic carbocycles. The van der Waals surface area contributed by atoms with Gasteiger partial charge in [0.05, 0.1) is 0 Å². The Morgan fingerprint density at radius 2 is 1.20 bits per heavy atom. The van der Waals surface area contributed by atoms with E-state index in [1.165, 1.54) is 42.9 Å². The number of rotatable bonds is 0. The molecule has 1 aliphatic rings. The van der Waals surface area contributed by atoms with E-state index >= 15 is 0 Å². The minimum atomic E-state index is 1.28. The first-order valence-corrected chi connectivity index (χ1v) is 5.94. The Bertz CT molecular complexity index is 438. The van der Waals surface area contributed by atoms with Crippen LogP contribution in [0.4, 0.5) is 0 Å². The maximum Gasteiger partial charge on any atom is -0.0181 e. The molecule has 0 fully saturated rings. The quantitative estimate of drug-likeness (QED) is 0.556. The van der Waals surface area contributed by atoms with Crippen molar-refractivity contribution in [1.82, 2.24) is 0 Å². The predicted molar refractivity (Wildman–Crippen MR) is 65.2 cm³/mol. The van der Waals surface area contributed by atoms with Crippen LogP contribution in [0.2, 0.25) is 0 Å². The van der Waals surface area contributed by atoms with Crippen molar-refractivity contribution in [3.05, 3.63) is 47.5 Å². The van der Waals surface area contributed by atoms with Gasteiger partial charge in [0.15, 0.2) is 0 Å². The number of aryl methyl sites for hydroxylation is 2. The van der Waals surface area contributed by atoms with Gasteiger partial charge in [0.25, 0.3) is 0 Å². The molecule has 0 atom stereocenters. The monoisotopic (exact) mass is 196 g/mol. The summed E-state index contributed by atoms with van der Waals surface area (Å²) in [5.74, 6) is 0. The topological polar surface area (TPSA) is 0 Å². The molecule has 0 amide bonds. The molecule has 0 unspecified atom stereocenters. The molecule has 0 heteroatoms. The normalized spacial score (nSPS) is 16.0. The fourth-order valence-electron chi connectivity index (χ4n) is 2.61. The van der Waals surface area contributed by atoms with Crippen molar-refractivity contribution in [3.8, 4) is 0 Å². The summed E-state index contributed by atoms with van der Waals surface area (Å²) in [5.41, 5.74) is 3.18. The minimum Gasteiger partial charge on any atom is -0.0616 e. The Morgan fingerprint density at radius 3 is 1.73 bits per heavy atom. The van der Waals surface area contributed by atoms with Crippen LogP contribution in [0.15, 0.2) is 36.4 Å². The van der Waals surface area contributed by atoms with Gasteiger partial charge in [0.1, 0.15) is 0 Å². The van der Waals surface area contributed by atoms with E-state index < -0.39 is 0 Å². The zero-order valence-corrected chi connectivity index (χ0v) is 9.00. The maximum absolute atomic E-state index is 2.40. The van der Waals surface area contributed by atoms with Crippen molar-refractivity contribution in [2.24, 2.45) is 0 Å². The number of hydrogen-bond acceptors (Lipinski definition) is 0. The number of fused-ring (bicyclic) bond motifs is 2. The summed E-state index contributed by atoms with van der Waals surface area (Å²) in [7, 11) is 0. The fraction of sp³-hybridized carbons (Fsp3) is 0.333. The van der Waals surface area contributed by atoms with Gasteiger partial charge in [-0.25, -0.2) is 0 Å². The highest BCUT2D eigenvalue weighted by molar-refractivity contribution is 5.84. The van der Waals surface area contributed by atoms with E-state index in [0.717, 1.165) is 0 Å². The van der Waals surface area contributed by atoms with Gasteiger partial charge in [-0.15, -0.1) is 0 Å². The minimum absolute atomic E-state index is 1.28. The highest BCUT2D eigenvalue weighted by Crippen LogP contribution is 2.25. The van der Waals surface area contributed by atoms with E-state index in [1.54, 1.807) is 11.1 Å². The van der Waals surface area contributed by atoms with Crippen molar-refractivity contribution in [1.29, 1.82) is 0 Å². The lowest BCUT2D eigenvalue weighted by Crippen LogP contribution is -1.90. The van der Waals surface area contributed by atoms with Crippen LogP contribution in [-0.4, -0.2) is 0 Å². The molecule has 0 heterocycles. The largest absolute Gasteiger partial charge is 0.0616 e. The molecule has 2 aromatic rings. The molecule has 0 radical (unpaired) electrons. The molecule has 0 nitrogen and oxygen atoms in total. The summed E-state index contributed by atoms with van der Waals surface area (Å²) in [6.07, 6.45) is 6.68. The van der Waals surface area contributed by atoms with Crippen LogP contribution >= 0.6 is 0 Å². The summed E-state index contributed by atoms with van der Waals surface area (Å²) < 4.78 is 0. The van der Waals surface area contributed by atoms with Crippen molar-refractivity contribution in [2.75, 3.05) is 0 Å². The van der Waals surface area contributed by atoms with Crippen LogP contribution in [0.25, 0.3) is 10.8 Å². The standard InChI is InChI=1S/C15H16/c1-2-6-12-10-14-8-4-5-9-15(14)11-13(12)7-3-1/h4-5,8-11H,1-3,6-7H2. The molecular formula is C15H16. The Labute approximate surface area is 90.9 Å². The molecule has 0 aliphatic heterocycles. The molecule has 0 aromatic heterocycles. The van der Waals surface area contributed by atoms with Crippen LogP contribution in [0.1, 0.15) is 30.4 Å². The Kier molecular flexibility index (Phi) is 2.21. The second kappa shape index (κ2) is 3.69. The Balaban J connectivity index is 2.20. The number of benzene rings is 2. The second-order valence-electron chi connectivity index (χ2n) is 4.53. The summed E-state index contributed by atoms with van der Waals surface area (Å²) in [6, 6.07) is 13.5. The first-order chi connectivity index (χ1) is 7.43. The summed E-state index contributed by atoms with van der Waals surface area (Å²) >= 11 is 0. The molecule has 76 valence electrons. The van der Waals surface area contributed by atoms with Gasteiger partial charge < -0.3 is 0 Å². The molecule has 3 rings (SSSR count). The molecule has 2 aromatic carbocycles. The third kappa shape index (κ3) is 1.65. The first-order valence-electron chi connectivity index (χ1n) is 5.94. The van der Waals surface area contributed by atoms with Gasteiger partial charge >= 0.3 is 0 Å². The predicted octanol–water partition coefficient (Wildman–Crippen LogP) is 4.11. The second-order valence-corrected chi connectivity index (χ2v) is 4.53. The van der Waals surface area contributed by atoms with Crippen LogP contribution in [0.5, 0.6) is 0 Å². The van der Waals surface area contributed by atoms with E-state index in [0.29, 0.717) is 0 Å². The Morgan fingerprint density at radius 1 is 0.667 bits per heavy atom. The van der Waals surface area contributed by atoms with Crippen molar-refractivity contribution in [2.45, 2.75) is 32.1 Å². The highest BCUT2D eigenvalue weighted by atomic mass is 14.1. The van der Waals surface area contributed by atoms with Crippen LogP contribution in [0.3, 0.4) is 0 Å². The van der Waals surface area contributed by atoms with E-state index in [2.05, 4.69) is 36.4 Å². The zero-order valence-electron chi connectivity index (χ0n) is 9.00. The van der Waals surface area contributed by atoms with Gasteiger partial charge in [-0.2, -0.15) is 0 Å². The zero-order chi connectivity index (χ0) is 10.1. The lowest BCUT2D eigenvalue weighted by atomic mass is 9.98. The fourth-order valence-corrected chi connectivity index (χ4v) is 2.61. The average molecular weight is 196 g/mol. The van der Waals surface area contributed by atoms with Crippen LogP contribution in [0, 0.1) is 0 Å². The molecule has 0 saturated carbocycles. The molecule has 0 N–H and O–H groups in total. The van der Waals surface area contributed by atoms with Gasteiger partial charge in [0.2, 0.25) is 0 Å². The lowest BCUT2D eigenvalue weighted by Gasteiger charge is -2.07. The third-order valence-corrected chi connectivity index (χ3v) is 3.46. The highest BCUT2D eigenvalue weighted by Gasteiger charge is 2.08. The molecule has 0 bridgehead atoms. The average Bonchev–Trinajstić information content (AvgIpc) is 2.50. The number of hydrogen-bond donors (Lipinski definition) is 0. The SMILES string of the molecule is c1ccc2cc3c(cc2c1)CCCCC3. The molecular weight excluding hydrogens is 180 g/mol. The smallest absolute Gasteiger partial charge is 0.0181 e. The van der Waals surface area contributed by atoms with Gasteiger partial charge in [0, 0.05) is 0 Å². The Hall–Kier alpha value is -1.30. The van der Waals surface area contributed by atoms with Gasteiger partial charge in [-0.3, -0.25) is 0 Å². The molecule has 0 saturated heterocycles. The van der Waals surface area contributed by atoms with Crippen molar-refractivity contribution < 1.29 is 0 Å².